The fraction of sp³-hybridized carbons (Fsp3) is 0.562. The Morgan fingerprint density at radius 2 is 1.68 bits per heavy atom. The summed E-state index contributed by atoms with van der Waals surface area (Å²) in [6.07, 6.45) is 2.74. The van der Waals surface area contributed by atoms with E-state index >= 15 is 0 Å². The van der Waals surface area contributed by atoms with E-state index in [1.54, 1.807) is 13.8 Å². The van der Waals surface area contributed by atoms with Crippen LogP contribution >= 0.6 is 0 Å². The van der Waals surface area contributed by atoms with Gasteiger partial charge in [-0.25, -0.2) is 8.42 Å². The molecule has 1 aromatic carbocycles. The van der Waals surface area contributed by atoms with E-state index in [9.17, 15) is 13.2 Å². The molecule has 0 spiro atoms. The van der Waals surface area contributed by atoms with Crippen molar-refractivity contribution in [1.82, 2.24) is 4.31 Å². The van der Waals surface area contributed by atoms with Crippen molar-refractivity contribution in [3.8, 4) is 0 Å². The molecule has 0 aliphatic carbocycles. The number of anilines is 1. The summed E-state index contributed by atoms with van der Waals surface area (Å²) >= 11 is 0. The van der Waals surface area contributed by atoms with E-state index in [2.05, 4.69) is 5.32 Å². The average molecular weight is 326 g/mol. The van der Waals surface area contributed by atoms with Crippen LogP contribution in [0.4, 0.5) is 5.69 Å². The quantitative estimate of drug-likeness (QED) is 0.837. The molecule has 0 radical (unpaired) electrons. The highest BCUT2D eigenvalue weighted by Gasteiger charge is 2.23. The highest BCUT2D eigenvalue weighted by Crippen LogP contribution is 2.22. The van der Waals surface area contributed by atoms with Gasteiger partial charge in [-0.05, 0) is 37.8 Å². The number of sulfonamides is 1. The predicted octanol–water partition coefficient (Wildman–Crippen LogP) is 2.42. The molecule has 1 amide bonds. The molecule has 0 heterocycles. The summed E-state index contributed by atoms with van der Waals surface area (Å²) in [4.78, 5) is 12.3. The molecule has 0 saturated heterocycles. The molecule has 22 heavy (non-hydrogen) atoms. The van der Waals surface area contributed by atoms with Crippen LogP contribution in [0.25, 0.3) is 0 Å². The molecule has 124 valence electrons. The normalized spacial score (nSPS) is 12.0. The second kappa shape index (κ2) is 7.74. The molecule has 6 heteroatoms. The Hall–Kier alpha value is -1.40. The van der Waals surface area contributed by atoms with E-state index in [0.717, 1.165) is 35.9 Å². The second-order valence-electron chi connectivity index (χ2n) is 5.61. The van der Waals surface area contributed by atoms with Gasteiger partial charge in [0.2, 0.25) is 15.9 Å². The zero-order valence-corrected chi connectivity index (χ0v) is 14.8. The van der Waals surface area contributed by atoms with Gasteiger partial charge in [0, 0.05) is 11.7 Å². The Morgan fingerprint density at radius 1 is 1.18 bits per heavy atom. The van der Waals surface area contributed by atoms with Gasteiger partial charge in [0.05, 0.1) is 12.8 Å². The van der Waals surface area contributed by atoms with Crippen LogP contribution < -0.4 is 5.32 Å². The summed E-state index contributed by atoms with van der Waals surface area (Å²) in [6, 6.07) is 5.68. The van der Waals surface area contributed by atoms with Crippen LogP contribution in [-0.2, 0) is 27.7 Å². The summed E-state index contributed by atoms with van der Waals surface area (Å²) in [5.41, 5.74) is 2.93. The summed E-state index contributed by atoms with van der Waals surface area (Å²) in [7, 11) is -3.41. The smallest absolute Gasteiger partial charge is 0.239 e. The summed E-state index contributed by atoms with van der Waals surface area (Å²) in [5.74, 6) is -0.310. The molecule has 0 saturated carbocycles. The van der Waals surface area contributed by atoms with Gasteiger partial charge in [-0.1, -0.05) is 32.0 Å². The first-order valence-electron chi connectivity index (χ1n) is 7.58. The molecule has 1 rings (SSSR count). The number of aryl methyl sites for hydroxylation is 2. The van der Waals surface area contributed by atoms with E-state index in [0.29, 0.717) is 0 Å². The van der Waals surface area contributed by atoms with Gasteiger partial charge < -0.3 is 5.32 Å². The number of hydrogen-bond donors (Lipinski definition) is 1. The molecule has 0 aliphatic heterocycles. The lowest BCUT2D eigenvalue weighted by molar-refractivity contribution is -0.116. The molecular weight excluding hydrogens is 300 g/mol. The maximum absolute atomic E-state index is 12.3. The van der Waals surface area contributed by atoms with Gasteiger partial charge in [-0.3, -0.25) is 4.79 Å². The maximum atomic E-state index is 12.3. The summed E-state index contributed by atoms with van der Waals surface area (Å²) in [6.45, 7) is 7.40. The second-order valence-corrected chi connectivity index (χ2v) is 7.54. The number of carbonyl (C=O) groups excluding carboxylic acids is 1. The van der Waals surface area contributed by atoms with E-state index in [1.807, 2.05) is 32.0 Å². The molecule has 1 aromatic rings. The van der Waals surface area contributed by atoms with Gasteiger partial charge in [0.25, 0.3) is 0 Å². The number of hydrogen-bond acceptors (Lipinski definition) is 3. The first-order chi connectivity index (χ1) is 10.2. The zero-order chi connectivity index (χ0) is 16.9. The van der Waals surface area contributed by atoms with Crippen molar-refractivity contribution >= 4 is 21.6 Å². The third kappa shape index (κ3) is 4.81. The fourth-order valence-electron chi connectivity index (χ4n) is 2.41. The van der Waals surface area contributed by atoms with E-state index in [1.165, 1.54) is 4.31 Å². The minimum atomic E-state index is -3.41. The molecule has 0 bridgehead atoms. The van der Waals surface area contributed by atoms with Gasteiger partial charge in [0.1, 0.15) is 0 Å². The van der Waals surface area contributed by atoms with Crippen molar-refractivity contribution in [3.63, 3.8) is 0 Å². The van der Waals surface area contributed by atoms with E-state index in [4.69, 9.17) is 0 Å². The number of amides is 1. The number of para-hydroxylation sites is 1. The topological polar surface area (TPSA) is 66.5 Å². The van der Waals surface area contributed by atoms with Crippen molar-refractivity contribution in [2.45, 2.75) is 46.6 Å². The Kier molecular flexibility index (Phi) is 6.56. The van der Waals surface area contributed by atoms with Crippen LogP contribution in [0, 0.1) is 0 Å². The van der Waals surface area contributed by atoms with E-state index in [-0.39, 0.29) is 18.5 Å². The zero-order valence-electron chi connectivity index (χ0n) is 14.0. The van der Waals surface area contributed by atoms with Gasteiger partial charge in [-0.15, -0.1) is 0 Å². The van der Waals surface area contributed by atoms with Crippen LogP contribution in [0.3, 0.4) is 0 Å². The summed E-state index contributed by atoms with van der Waals surface area (Å²) in [5, 5.41) is 2.89. The minimum absolute atomic E-state index is 0.169. The first-order valence-corrected chi connectivity index (χ1v) is 9.42. The maximum Gasteiger partial charge on any atom is 0.239 e. The third-order valence-corrected chi connectivity index (χ3v) is 4.97. The number of carbonyl (C=O) groups is 1. The lowest BCUT2D eigenvalue weighted by Crippen LogP contribution is -2.41. The first kappa shape index (κ1) is 18.6. The molecule has 0 aromatic heterocycles. The van der Waals surface area contributed by atoms with Crippen LogP contribution in [0.1, 0.15) is 38.8 Å². The van der Waals surface area contributed by atoms with Crippen LogP contribution in [-0.4, -0.2) is 37.5 Å². The molecule has 0 atom stereocenters. The largest absolute Gasteiger partial charge is 0.324 e. The van der Waals surface area contributed by atoms with Crippen molar-refractivity contribution in [3.05, 3.63) is 29.3 Å². The van der Waals surface area contributed by atoms with Crippen molar-refractivity contribution < 1.29 is 13.2 Å². The number of nitrogens with one attached hydrogen (secondary N) is 1. The van der Waals surface area contributed by atoms with Crippen molar-refractivity contribution in [2.75, 3.05) is 18.1 Å². The molecule has 1 N–H and O–H groups in total. The standard InChI is InChI=1S/C16H26N2O3S/c1-6-13-9-8-10-14(7-2)16(13)17-15(19)11-18(12(3)4)22(5,20)21/h8-10,12H,6-7,11H2,1-5H3,(H,17,19). The highest BCUT2D eigenvalue weighted by atomic mass is 32.2. The van der Waals surface area contributed by atoms with E-state index < -0.39 is 10.0 Å². The van der Waals surface area contributed by atoms with Crippen LogP contribution in [0.2, 0.25) is 0 Å². The number of benzene rings is 1. The Balaban J connectivity index is 2.98. The van der Waals surface area contributed by atoms with Crippen molar-refractivity contribution in [1.29, 1.82) is 0 Å². The minimum Gasteiger partial charge on any atom is -0.324 e. The monoisotopic (exact) mass is 326 g/mol. The number of rotatable bonds is 7. The average Bonchev–Trinajstić information content (AvgIpc) is 2.43. The Labute approximate surface area is 133 Å². The van der Waals surface area contributed by atoms with Crippen LogP contribution in [0.15, 0.2) is 18.2 Å². The summed E-state index contributed by atoms with van der Waals surface area (Å²) < 4.78 is 24.7. The molecular formula is C16H26N2O3S. The molecule has 0 fully saturated rings. The SMILES string of the molecule is CCc1cccc(CC)c1NC(=O)CN(C(C)C)S(C)(=O)=O. The third-order valence-electron chi connectivity index (χ3n) is 3.56. The highest BCUT2D eigenvalue weighted by molar-refractivity contribution is 7.88. The molecule has 5 nitrogen and oxygen atoms in total. The number of nitrogens with zero attached hydrogens (tertiary/aromatic N) is 1. The molecule has 0 aliphatic rings. The lowest BCUT2D eigenvalue weighted by atomic mass is 10.0. The predicted molar refractivity (Wildman–Crippen MR) is 90.5 cm³/mol. The van der Waals surface area contributed by atoms with Crippen molar-refractivity contribution in [2.24, 2.45) is 0 Å². The van der Waals surface area contributed by atoms with Gasteiger partial charge >= 0.3 is 0 Å². The lowest BCUT2D eigenvalue weighted by Gasteiger charge is -2.24. The van der Waals surface area contributed by atoms with Gasteiger partial charge in [-0.2, -0.15) is 4.31 Å². The Morgan fingerprint density at radius 3 is 2.05 bits per heavy atom. The van der Waals surface area contributed by atoms with Crippen LogP contribution in [0.5, 0.6) is 0 Å². The van der Waals surface area contributed by atoms with Gasteiger partial charge in [0.15, 0.2) is 0 Å². The Bertz CT molecular complexity index is 602. The fourth-order valence-corrected chi connectivity index (χ4v) is 3.52. The molecule has 0 unspecified atom stereocenters.